The third-order valence-corrected chi connectivity index (χ3v) is 3.55. The number of rotatable bonds is 7. The number of hydrogen-bond acceptors (Lipinski definition) is 4. The number of nitrogens with zero attached hydrogens (tertiary/aromatic N) is 2. The minimum absolute atomic E-state index is 0.160. The Morgan fingerprint density at radius 2 is 2.04 bits per heavy atom. The number of carbonyl (C=O) groups is 2. The van der Waals surface area contributed by atoms with E-state index in [0.29, 0.717) is 24.4 Å². The molecule has 0 saturated heterocycles. The normalized spacial score (nSPS) is 10.4. The lowest BCUT2D eigenvalue weighted by atomic mass is 10.1. The Labute approximate surface area is 146 Å². The molecule has 0 aliphatic rings. The van der Waals surface area contributed by atoms with Crippen LogP contribution in [-0.4, -0.2) is 30.3 Å². The smallest absolute Gasteiger partial charge is 0.251 e. The molecule has 25 heavy (non-hydrogen) atoms. The number of nitriles is 1. The van der Waals surface area contributed by atoms with Crippen LogP contribution in [0.2, 0.25) is 0 Å². The second-order valence-electron chi connectivity index (χ2n) is 5.28. The predicted molar refractivity (Wildman–Crippen MR) is 93.2 cm³/mol. The number of carbonyl (C=O) groups excluding carboxylic acids is 2. The van der Waals surface area contributed by atoms with Gasteiger partial charge in [0.1, 0.15) is 5.76 Å². The highest BCUT2D eigenvalue weighted by Gasteiger charge is 2.12. The number of furan rings is 1. The van der Waals surface area contributed by atoms with Gasteiger partial charge in [-0.1, -0.05) is 12.1 Å². The van der Waals surface area contributed by atoms with Crippen LogP contribution in [0.15, 0.2) is 53.2 Å². The number of amides is 2. The monoisotopic (exact) mass is 337 g/mol. The summed E-state index contributed by atoms with van der Waals surface area (Å²) < 4.78 is 5.26. The van der Waals surface area contributed by atoms with Gasteiger partial charge in [0, 0.05) is 25.2 Å². The minimum Gasteiger partial charge on any atom is -0.467 e. The summed E-state index contributed by atoms with van der Waals surface area (Å²) in [5.41, 5.74) is 1.36. The highest BCUT2D eigenvalue weighted by molar-refractivity contribution is 5.94. The zero-order valence-electron chi connectivity index (χ0n) is 13.9. The molecule has 1 aromatic carbocycles. The average Bonchev–Trinajstić information content (AvgIpc) is 3.16. The maximum absolute atomic E-state index is 12.4. The summed E-state index contributed by atoms with van der Waals surface area (Å²) in [6, 6.07) is 12.5. The zero-order valence-corrected chi connectivity index (χ0v) is 13.9. The Morgan fingerprint density at radius 3 is 2.64 bits per heavy atom. The summed E-state index contributed by atoms with van der Waals surface area (Å²) in [5, 5.41) is 11.3. The van der Waals surface area contributed by atoms with Gasteiger partial charge in [0.05, 0.1) is 25.3 Å². The van der Waals surface area contributed by atoms with Crippen molar-refractivity contribution in [2.45, 2.75) is 13.0 Å². The van der Waals surface area contributed by atoms with Crippen molar-refractivity contribution < 1.29 is 14.0 Å². The summed E-state index contributed by atoms with van der Waals surface area (Å²) in [5.74, 6) is 0.296. The van der Waals surface area contributed by atoms with E-state index in [1.54, 1.807) is 60.7 Å². The van der Waals surface area contributed by atoms with Crippen molar-refractivity contribution in [3.05, 3.63) is 65.6 Å². The molecule has 1 heterocycles. The summed E-state index contributed by atoms with van der Waals surface area (Å²) in [6.07, 6.45) is 4.93. The lowest BCUT2D eigenvalue weighted by Gasteiger charge is -2.18. The quantitative estimate of drug-likeness (QED) is 0.787. The van der Waals surface area contributed by atoms with E-state index in [9.17, 15) is 9.59 Å². The summed E-state index contributed by atoms with van der Waals surface area (Å²) >= 11 is 0. The van der Waals surface area contributed by atoms with Gasteiger partial charge in [0.2, 0.25) is 5.91 Å². The van der Waals surface area contributed by atoms with E-state index in [1.807, 2.05) is 6.07 Å². The number of benzene rings is 1. The van der Waals surface area contributed by atoms with Crippen LogP contribution in [0.5, 0.6) is 0 Å². The van der Waals surface area contributed by atoms with Crippen molar-refractivity contribution >= 4 is 17.9 Å². The molecule has 0 unspecified atom stereocenters. The number of nitrogens with one attached hydrogen (secondary N) is 1. The van der Waals surface area contributed by atoms with E-state index in [0.717, 1.165) is 5.56 Å². The van der Waals surface area contributed by atoms with Gasteiger partial charge in [-0.05, 0) is 35.9 Å². The fourth-order valence-corrected chi connectivity index (χ4v) is 2.21. The molecule has 128 valence electrons. The Morgan fingerprint density at radius 1 is 1.28 bits per heavy atom. The number of hydrogen-bond donors (Lipinski definition) is 1. The highest BCUT2D eigenvalue weighted by Crippen LogP contribution is 2.10. The maximum atomic E-state index is 12.4. The van der Waals surface area contributed by atoms with Crippen LogP contribution in [0.4, 0.5) is 0 Å². The van der Waals surface area contributed by atoms with Gasteiger partial charge in [-0.15, -0.1) is 0 Å². The Bertz CT molecular complexity index is 771. The standard InChI is InChI=1S/C19H19N3O3/c1-21-19(24)16-8-5-15(6-9-16)7-10-18(23)22(12-3-11-20)14-17-4-2-13-25-17/h2,4-10,13H,3,12,14H2,1H3,(H,21,24). The molecule has 2 aromatic rings. The molecule has 0 saturated carbocycles. The van der Waals surface area contributed by atoms with E-state index < -0.39 is 0 Å². The minimum atomic E-state index is -0.206. The molecule has 0 bridgehead atoms. The van der Waals surface area contributed by atoms with Crippen molar-refractivity contribution in [2.75, 3.05) is 13.6 Å². The summed E-state index contributed by atoms with van der Waals surface area (Å²) in [4.78, 5) is 25.5. The van der Waals surface area contributed by atoms with E-state index in [1.165, 1.54) is 6.08 Å². The van der Waals surface area contributed by atoms with E-state index in [4.69, 9.17) is 9.68 Å². The van der Waals surface area contributed by atoms with Crippen LogP contribution in [-0.2, 0) is 11.3 Å². The fourth-order valence-electron chi connectivity index (χ4n) is 2.21. The second-order valence-corrected chi connectivity index (χ2v) is 5.28. The van der Waals surface area contributed by atoms with Gasteiger partial charge in [-0.2, -0.15) is 5.26 Å². The van der Waals surface area contributed by atoms with Gasteiger partial charge < -0.3 is 14.6 Å². The molecule has 0 spiro atoms. The fraction of sp³-hybridized carbons (Fsp3) is 0.211. The molecule has 1 N–H and O–H groups in total. The van der Waals surface area contributed by atoms with Crippen LogP contribution in [0.1, 0.15) is 28.1 Å². The Kier molecular flexibility index (Phi) is 6.55. The second kappa shape index (κ2) is 9.08. The lowest BCUT2D eigenvalue weighted by Crippen LogP contribution is -2.29. The molecule has 0 radical (unpaired) electrons. The molecule has 0 fully saturated rings. The van der Waals surface area contributed by atoms with Crippen LogP contribution >= 0.6 is 0 Å². The molecular weight excluding hydrogens is 318 g/mol. The van der Waals surface area contributed by atoms with Gasteiger partial charge >= 0.3 is 0 Å². The lowest BCUT2D eigenvalue weighted by molar-refractivity contribution is -0.126. The van der Waals surface area contributed by atoms with Gasteiger partial charge in [0.25, 0.3) is 5.91 Å². The Hall–Kier alpha value is -3.33. The predicted octanol–water partition coefficient (Wildman–Crippen LogP) is 2.59. The molecule has 0 aliphatic carbocycles. The van der Waals surface area contributed by atoms with Crippen LogP contribution in [0.25, 0.3) is 6.08 Å². The van der Waals surface area contributed by atoms with Crippen LogP contribution in [0.3, 0.4) is 0 Å². The molecule has 2 rings (SSSR count). The van der Waals surface area contributed by atoms with E-state index in [2.05, 4.69) is 5.32 Å². The summed E-state index contributed by atoms with van der Waals surface area (Å²) in [6.45, 7) is 0.642. The molecule has 0 aliphatic heterocycles. The first-order valence-electron chi connectivity index (χ1n) is 7.82. The molecule has 6 nitrogen and oxygen atoms in total. The van der Waals surface area contributed by atoms with Crippen LogP contribution < -0.4 is 5.32 Å². The third kappa shape index (κ3) is 5.36. The molecule has 6 heteroatoms. The summed E-state index contributed by atoms with van der Waals surface area (Å²) in [7, 11) is 1.57. The van der Waals surface area contributed by atoms with Gasteiger partial charge in [0.15, 0.2) is 0 Å². The average molecular weight is 337 g/mol. The SMILES string of the molecule is CNC(=O)c1ccc(C=CC(=O)N(CCC#N)Cc2ccco2)cc1. The van der Waals surface area contributed by atoms with E-state index >= 15 is 0 Å². The third-order valence-electron chi connectivity index (χ3n) is 3.55. The topological polar surface area (TPSA) is 86.3 Å². The van der Waals surface area contributed by atoms with Crippen LogP contribution in [0, 0.1) is 11.3 Å². The molecular formula is C19H19N3O3. The molecule has 1 aromatic heterocycles. The first kappa shape index (κ1) is 18.0. The maximum Gasteiger partial charge on any atom is 0.251 e. The first-order valence-corrected chi connectivity index (χ1v) is 7.82. The molecule has 0 atom stereocenters. The van der Waals surface area contributed by atoms with Gasteiger partial charge in [-0.3, -0.25) is 9.59 Å². The van der Waals surface area contributed by atoms with Crippen molar-refractivity contribution in [2.24, 2.45) is 0 Å². The largest absolute Gasteiger partial charge is 0.467 e. The van der Waals surface area contributed by atoms with Crippen molar-refractivity contribution in [3.8, 4) is 6.07 Å². The first-order chi connectivity index (χ1) is 12.1. The van der Waals surface area contributed by atoms with Gasteiger partial charge in [-0.25, -0.2) is 0 Å². The van der Waals surface area contributed by atoms with E-state index in [-0.39, 0.29) is 18.2 Å². The Balaban J connectivity index is 2.04. The van der Waals surface area contributed by atoms with Crippen molar-refractivity contribution in [1.29, 1.82) is 5.26 Å². The van der Waals surface area contributed by atoms with Crippen molar-refractivity contribution in [3.63, 3.8) is 0 Å². The zero-order chi connectivity index (χ0) is 18.1. The highest BCUT2D eigenvalue weighted by atomic mass is 16.3. The van der Waals surface area contributed by atoms with Crippen molar-refractivity contribution in [1.82, 2.24) is 10.2 Å². The molecule has 2 amide bonds.